The summed E-state index contributed by atoms with van der Waals surface area (Å²) in [6.07, 6.45) is 0. The van der Waals surface area contributed by atoms with E-state index < -0.39 is 20.8 Å². The van der Waals surface area contributed by atoms with Gasteiger partial charge in [-0.05, 0) is 31.3 Å². The van der Waals surface area contributed by atoms with E-state index in [1.165, 1.54) is 31.3 Å². The topological polar surface area (TPSA) is 75.3 Å². The number of hydrogen-bond acceptors (Lipinski definition) is 3. The summed E-state index contributed by atoms with van der Waals surface area (Å²) in [4.78, 5) is 10.1. The largest absolute Gasteiger partial charge is 0.324 e. The van der Waals surface area contributed by atoms with Crippen LogP contribution in [0.3, 0.4) is 0 Å². The summed E-state index contributed by atoms with van der Waals surface area (Å²) in [5, 5.41) is 2.42. The quantitative estimate of drug-likeness (QED) is 0.823. The van der Waals surface area contributed by atoms with Crippen LogP contribution in [0.4, 0.5) is 5.69 Å². The summed E-state index contributed by atoms with van der Waals surface area (Å²) >= 11 is 10.7. The molecule has 5 nitrogen and oxygen atoms in total. The Bertz CT molecular complexity index is 499. The molecule has 0 aliphatic carbocycles. The first-order valence-electron chi connectivity index (χ1n) is 4.49. The van der Waals surface area contributed by atoms with Crippen LogP contribution in [0.1, 0.15) is 0 Å². The predicted octanol–water partition coefficient (Wildman–Crippen LogP) is 1.34. The highest BCUT2D eigenvalue weighted by Crippen LogP contribution is 2.15. The summed E-state index contributed by atoms with van der Waals surface area (Å²) in [6.45, 7) is 0. The van der Waals surface area contributed by atoms with Crippen molar-refractivity contribution >= 4 is 44.8 Å². The first-order chi connectivity index (χ1) is 7.86. The van der Waals surface area contributed by atoms with Crippen molar-refractivity contribution in [3.8, 4) is 0 Å². The molecule has 0 saturated carbocycles. The maximum Gasteiger partial charge on any atom is 0.257 e. The summed E-state index contributed by atoms with van der Waals surface area (Å²) in [5.74, 6) is -0.572. The lowest BCUT2D eigenvalue weighted by atomic mass is 10.3. The molecular formula is C9H10Cl2N2O3S. The molecule has 0 radical (unpaired) electrons. The van der Waals surface area contributed by atoms with Gasteiger partial charge in [-0.2, -0.15) is 0 Å². The van der Waals surface area contributed by atoms with Crippen molar-refractivity contribution in [2.75, 3.05) is 12.4 Å². The molecule has 1 amide bonds. The van der Waals surface area contributed by atoms with Gasteiger partial charge in [-0.25, -0.2) is 13.1 Å². The Morgan fingerprint density at radius 3 is 2.18 bits per heavy atom. The molecular weight excluding hydrogens is 287 g/mol. The molecule has 1 rings (SSSR count). The molecule has 17 heavy (non-hydrogen) atoms. The van der Waals surface area contributed by atoms with E-state index >= 15 is 0 Å². The van der Waals surface area contributed by atoms with Crippen LogP contribution in [-0.4, -0.2) is 26.2 Å². The van der Waals surface area contributed by atoms with Gasteiger partial charge in [0, 0.05) is 5.69 Å². The summed E-state index contributed by atoms with van der Waals surface area (Å²) < 4.78 is 25.0. The van der Waals surface area contributed by atoms with Crippen molar-refractivity contribution < 1.29 is 13.2 Å². The van der Waals surface area contributed by atoms with Crippen LogP contribution in [0.15, 0.2) is 29.2 Å². The molecule has 0 fully saturated rings. The first kappa shape index (κ1) is 14.2. The molecule has 94 valence electrons. The lowest BCUT2D eigenvalue weighted by Crippen LogP contribution is -2.20. The number of rotatable bonds is 4. The smallest absolute Gasteiger partial charge is 0.257 e. The van der Waals surface area contributed by atoms with E-state index in [0.717, 1.165) is 0 Å². The number of hydrogen-bond donors (Lipinski definition) is 2. The van der Waals surface area contributed by atoms with Gasteiger partial charge >= 0.3 is 0 Å². The van der Waals surface area contributed by atoms with Crippen molar-refractivity contribution in [2.24, 2.45) is 0 Å². The van der Waals surface area contributed by atoms with Crippen molar-refractivity contribution in [3.05, 3.63) is 24.3 Å². The van der Waals surface area contributed by atoms with Gasteiger partial charge in [-0.1, -0.05) is 23.2 Å². The Morgan fingerprint density at radius 1 is 1.24 bits per heavy atom. The maximum absolute atomic E-state index is 11.4. The molecule has 0 atom stereocenters. The van der Waals surface area contributed by atoms with E-state index in [1.54, 1.807) is 0 Å². The average Bonchev–Trinajstić information content (AvgIpc) is 2.29. The van der Waals surface area contributed by atoms with Gasteiger partial charge in [0.2, 0.25) is 10.0 Å². The molecule has 0 aliphatic heterocycles. The zero-order valence-corrected chi connectivity index (χ0v) is 11.1. The zero-order chi connectivity index (χ0) is 13.1. The molecule has 0 aliphatic rings. The number of sulfonamides is 1. The predicted molar refractivity (Wildman–Crippen MR) is 66.8 cm³/mol. The molecule has 0 saturated heterocycles. The summed E-state index contributed by atoms with van der Waals surface area (Å²) in [5.41, 5.74) is 0.413. The van der Waals surface area contributed by atoms with Crippen molar-refractivity contribution in [2.45, 2.75) is 9.73 Å². The highest BCUT2D eigenvalue weighted by atomic mass is 35.5. The van der Waals surface area contributed by atoms with Gasteiger partial charge in [0.25, 0.3) is 5.91 Å². The Morgan fingerprint density at radius 2 is 1.76 bits per heavy atom. The van der Waals surface area contributed by atoms with Crippen LogP contribution < -0.4 is 10.0 Å². The van der Waals surface area contributed by atoms with Crippen molar-refractivity contribution in [1.29, 1.82) is 0 Å². The molecule has 0 aromatic heterocycles. The maximum atomic E-state index is 11.4. The van der Waals surface area contributed by atoms with Crippen molar-refractivity contribution in [1.82, 2.24) is 4.72 Å². The first-order valence-corrected chi connectivity index (χ1v) is 6.85. The minimum absolute atomic E-state index is 0.103. The fourth-order valence-electron chi connectivity index (χ4n) is 1.03. The van der Waals surface area contributed by atoms with E-state index in [0.29, 0.717) is 5.69 Å². The van der Waals surface area contributed by atoms with Crippen LogP contribution >= 0.6 is 23.2 Å². The lowest BCUT2D eigenvalue weighted by molar-refractivity contribution is -0.114. The molecule has 2 N–H and O–H groups in total. The summed E-state index contributed by atoms with van der Waals surface area (Å²) in [6, 6.07) is 5.61. The van der Waals surface area contributed by atoms with E-state index in [4.69, 9.17) is 23.2 Å². The Labute approximate surface area is 109 Å². The number of carbonyl (C=O) groups excluding carboxylic acids is 1. The third kappa shape index (κ3) is 3.85. The molecule has 1 aromatic carbocycles. The third-order valence-corrected chi connectivity index (χ3v) is 3.73. The van der Waals surface area contributed by atoms with Crippen LogP contribution in [0.5, 0.6) is 0 Å². The standard InChI is InChI=1S/C9H10Cl2N2O3S/c1-12-17(15,16)7-4-2-6(3-5-7)13-9(14)8(10)11/h2-5,8,12H,1H3,(H,13,14). The molecule has 0 unspecified atom stereocenters. The Balaban J connectivity index is 2.86. The number of nitrogens with one attached hydrogen (secondary N) is 2. The van der Waals surface area contributed by atoms with Crippen molar-refractivity contribution in [3.63, 3.8) is 0 Å². The van der Waals surface area contributed by atoms with Gasteiger partial charge in [0.05, 0.1) is 4.90 Å². The van der Waals surface area contributed by atoms with Gasteiger partial charge in [-0.3, -0.25) is 4.79 Å². The van der Waals surface area contributed by atoms with Crippen LogP contribution in [0.2, 0.25) is 0 Å². The Kier molecular flexibility index (Phi) is 4.76. The molecule has 8 heteroatoms. The number of halogens is 2. The molecule has 0 heterocycles. The SMILES string of the molecule is CNS(=O)(=O)c1ccc(NC(=O)C(Cl)Cl)cc1. The second-order valence-electron chi connectivity index (χ2n) is 3.02. The summed E-state index contributed by atoms with van der Waals surface area (Å²) in [7, 11) is -2.16. The van der Waals surface area contributed by atoms with E-state index in [9.17, 15) is 13.2 Å². The highest BCUT2D eigenvalue weighted by Gasteiger charge is 2.13. The Hall–Kier alpha value is -0.820. The molecule has 1 aromatic rings. The number of amides is 1. The normalized spacial score (nSPS) is 11.5. The van der Waals surface area contributed by atoms with Gasteiger partial charge in [-0.15, -0.1) is 0 Å². The number of benzene rings is 1. The zero-order valence-electron chi connectivity index (χ0n) is 8.78. The fourth-order valence-corrected chi connectivity index (χ4v) is 1.87. The van der Waals surface area contributed by atoms with Crippen LogP contribution in [-0.2, 0) is 14.8 Å². The highest BCUT2D eigenvalue weighted by molar-refractivity contribution is 7.89. The number of alkyl halides is 2. The van der Waals surface area contributed by atoms with Gasteiger partial charge in [0.15, 0.2) is 4.84 Å². The van der Waals surface area contributed by atoms with Gasteiger partial charge in [0.1, 0.15) is 0 Å². The third-order valence-electron chi connectivity index (χ3n) is 1.90. The monoisotopic (exact) mass is 296 g/mol. The minimum Gasteiger partial charge on any atom is -0.324 e. The van der Waals surface area contributed by atoms with Crippen LogP contribution in [0.25, 0.3) is 0 Å². The molecule has 0 bridgehead atoms. The second kappa shape index (κ2) is 5.68. The van der Waals surface area contributed by atoms with E-state index in [1.807, 2.05) is 0 Å². The van der Waals surface area contributed by atoms with E-state index in [2.05, 4.69) is 10.0 Å². The van der Waals surface area contributed by atoms with Crippen LogP contribution in [0, 0.1) is 0 Å². The average molecular weight is 297 g/mol. The molecule has 0 spiro atoms. The number of anilines is 1. The minimum atomic E-state index is -3.47. The number of carbonyl (C=O) groups is 1. The van der Waals surface area contributed by atoms with Gasteiger partial charge < -0.3 is 5.32 Å². The van der Waals surface area contributed by atoms with E-state index in [-0.39, 0.29) is 4.90 Å². The lowest BCUT2D eigenvalue weighted by Gasteiger charge is -2.06. The second-order valence-corrected chi connectivity index (χ2v) is 6.00. The fraction of sp³-hybridized carbons (Fsp3) is 0.222.